The van der Waals surface area contributed by atoms with E-state index < -0.39 is 0 Å². The first-order chi connectivity index (χ1) is 9.21. The highest BCUT2D eigenvalue weighted by atomic mass is 15.2. The summed E-state index contributed by atoms with van der Waals surface area (Å²) in [4.78, 5) is 4.98. The predicted octanol–water partition coefficient (Wildman–Crippen LogP) is 2.82. The van der Waals surface area contributed by atoms with Crippen molar-refractivity contribution in [3.05, 3.63) is 0 Å². The van der Waals surface area contributed by atoms with Crippen molar-refractivity contribution < 1.29 is 0 Å². The van der Waals surface area contributed by atoms with Crippen LogP contribution in [0, 0.1) is 5.41 Å². The Hall–Kier alpha value is -0.120. The monoisotopic (exact) mass is 283 g/mol. The van der Waals surface area contributed by atoms with Crippen molar-refractivity contribution in [1.82, 2.24) is 15.1 Å². The van der Waals surface area contributed by atoms with Crippen LogP contribution in [0.1, 0.15) is 53.4 Å². The van der Waals surface area contributed by atoms with E-state index in [1.807, 2.05) is 0 Å². The van der Waals surface area contributed by atoms with Crippen molar-refractivity contribution in [3.8, 4) is 0 Å². The molecule has 0 amide bonds. The van der Waals surface area contributed by atoms with Gasteiger partial charge in [0.25, 0.3) is 0 Å². The molecule has 1 fully saturated rings. The van der Waals surface area contributed by atoms with Crippen molar-refractivity contribution in [2.24, 2.45) is 5.41 Å². The number of hydrogen-bond acceptors (Lipinski definition) is 3. The quantitative estimate of drug-likeness (QED) is 0.739. The van der Waals surface area contributed by atoms with Gasteiger partial charge in [0.05, 0.1) is 0 Å². The standard InChI is InChI=1S/C17H37N3/c1-8-18-15(16(2,3)4)10-13-20(7)14-17(19(5)6)11-9-12-17/h15,18H,8-14H2,1-7H3. The predicted molar refractivity (Wildman–Crippen MR) is 89.3 cm³/mol. The number of rotatable bonds is 8. The van der Waals surface area contributed by atoms with Gasteiger partial charge in [-0.25, -0.2) is 0 Å². The van der Waals surface area contributed by atoms with Crippen LogP contribution in [0.25, 0.3) is 0 Å². The summed E-state index contributed by atoms with van der Waals surface area (Å²) in [5.41, 5.74) is 0.788. The SMILES string of the molecule is CCNC(CCN(C)CC1(N(C)C)CCC1)C(C)(C)C. The molecule has 0 radical (unpaired) electrons. The average molecular weight is 284 g/mol. The van der Waals surface area contributed by atoms with Gasteiger partial charge in [-0.2, -0.15) is 0 Å². The molecular weight excluding hydrogens is 246 g/mol. The number of nitrogens with one attached hydrogen (secondary N) is 1. The van der Waals surface area contributed by atoms with Crippen LogP contribution in [-0.4, -0.2) is 62.2 Å². The van der Waals surface area contributed by atoms with Gasteiger partial charge >= 0.3 is 0 Å². The number of nitrogens with zero attached hydrogens (tertiary/aromatic N) is 2. The van der Waals surface area contributed by atoms with Crippen molar-refractivity contribution in [2.75, 3.05) is 40.8 Å². The summed E-state index contributed by atoms with van der Waals surface area (Å²) in [5.74, 6) is 0. The molecule has 20 heavy (non-hydrogen) atoms. The first-order valence-corrected chi connectivity index (χ1v) is 8.30. The molecule has 0 heterocycles. The minimum atomic E-state index is 0.340. The molecule has 1 rings (SSSR count). The van der Waals surface area contributed by atoms with Crippen LogP contribution in [0.15, 0.2) is 0 Å². The lowest BCUT2D eigenvalue weighted by atomic mass is 9.75. The van der Waals surface area contributed by atoms with E-state index in [1.54, 1.807) is 0 Å². The fourth-order valence-electron chi connectivity index (χ4n) is 3.35. The Bertz CT molecular complexity index is 276. The first kappa shape index (κ1) is 17.9. The summed E-state index contributed by atoms with van der Waals surface area (Å²) < 4.78 is 0. The molecule has 1 saturated carbocycles. The van der Waals surface area contributed by atoms with Gasteiger partial charge in [-0.15, -0.1) is 0 Å². The molecular formula is C17H37N3. The normalized spacial score (nSPS) is 20.2. The van der Waals surface area contributed by atoms with Crippen LogP contribution in [-0.2, 0) is 0 Å². The maximum atomic E-state index is 3.65. The van der Waals surface area contributed by atoms with Crippen molar-refractivity contribution in [2.45, 2.75) is 65.0 Å². The zero-order chi connectivity index (χ0) is 15.4. The van der Waals surface area contributed by atoms with Crippen molar-refractivity contribution in [3.63, 3.8) is 0 Å². The zero-order valence-electron chi connectivity index (χ0n) is 14.9. The Labute approximate surface area is 127 Å². The fourth-order valence-corrected chi connectivity index (χ4v) is 3.35. The van der Waals surface area contributed by atoms with E-state index in [9.17, 15) is 0 Å². The molecule has 1 aliphatic rings. The molecule has 3 heteroatoms. The summed E-state index contributed by atoms with van der Waals surface area (Å²) in [5, 5.41) is 3.65. The van der Waals surface area contributed by atoms with Gasteiger partial charge in [-0.05, 0) is 65.3 Å². The van der Waals surface area contributed by atoms with E-state index in [-0.39, 0.29) is 0 Å². The van der Waals surface area contributed by atoms with Crippen LogP contribution >= 0.6 is 0 Å². The first-order valence-electron chi connectivity index (χ1n) is 8.30. The molecule has 1 N–H and O–H groups in total. The summed E-state index contributed by atoms with van der Waals surface area (Å²) in [6.45, 7) is 12.7. The van der Waals surface area contributed by atoms with Crippen molar-refractivity contribution >= 4 is 0 Å². The third kappa shape index (κ3) is 4.71. The van der Waals surface area contributed by atoms with Crippen molar-refractivity contribution in [1.29, 1.82) is 0 Å². The van der Waals surface area contributed by atoms with E-state index in [0.717, 1.165) is 6.54 Å². The second-order valence-electron chi connectivity index (χ2n) is 7.98. The van der Waals surface area contributed by atoms with Gasteiger partial charge in [-0.1, -0.05) is 27.7 Å². The largest absolute Gasteiger partial charge is 0.314 e. The molecule has 0 bridgehead atoms. The Balaban J connectivity index is 2.43. The summed E-state index contributed by atoms with van der Waals surface area (Å²) in [6, 6.07) is 0.603. The van der Waals surface area contributed by atoms with Gasteiger partial charge in [0.15, 0.2) is 0 Å². The van der Waals surface area contributed by atoms with Crippen LogP contribution in [0.2, 0.25) is 0 Å². The third-order valence-electron chi connectivity index (χ3n) is 5.09. The topological polar surface area (TPSA) is 18.5 Å². The minimum absolute atomic E-state index is 0.340. The van der Waals surface area contributed by atoms with E-state index in [0.29, 0.717) is 17.0 Å². The number of hydrogen-bond donors (Lipinski definition) is 1. The van der Waals surface area contributed by atoms with Crippen LogP contribution < -0.4 is 5.32 Å². The molecule has 0 aromatic rings. The van der Waals surface area contributed by atoms with E-state index in [1.165, 1.54) is 38.8 Å². The summed E-state index contributed by atoms with van der Waals surface area (Å²) in [7, 11) is 6.77. The summed E-state index contributed by atoms with van der Waals surface area (Å²) >= 11 is 0. The lowest BCUT2D eigenvalue weighted by Crippen LogP contribution is -2.57. The third-order valence-corrected chi connectivity index (χ3v) is 5.09. The molecule has 0 aromatic carbocycles. The van der Waals surface area contributed by atoms with Crippen LogP contribution in [0.3, 0.4) is 0 Å². The lowest BCUT2D eigenvalue weighted by Gasteiger charge is -2.49. The Morgan fingerprint density at radius 1 is 1.15 bits per heavy atom. The molecule has 120 valence electrons. The fraction of sp³-hybridized carbons (Fsp3) is 1.00. The summed E-state index contributed by atoms with van der Waals surface area (Å²) in [6.07, 6.45) is 5.35. The van der Waals surface area contributed by atoms with E-state index in [4.69, 9.17) is 0 Å². The molecule has 1 atom stereocenters. The average Bonchev–Trinajstić information content (AvgIpc) is 2.27. The minimum Gasteiger partial charge on any atom is -0.314 e. The molecule has 1 unspecified atom stereocenters. The van der Waals surface area contributed by atoms with Crippen LogP contribution in [0.4, 0.5) is 0 Å². The van der Waals surface area contributed by atoms with Gasteiger partial charge in [0, 0.05) is 18.1 Å². The van der Waals surface area contributed by atoms with E-state index in [2.05, 4.69) is 64.0 Å². The molecule has 3 nitrogen and oxygen atoms in total. The van der Waals surface area contributed by atoms with Crippen LogP contribution in [0.5, 0.6) is 0 Å². The molecule has 0 aliphatic heterocycles. The second-order valence-corrected chi connectivity index (χ2v) is 7.98. The maximum Gasteiger partial charge on any atom is 0.0330 e. The van der Waals surface area contributed by atoms with Gasteiger partial charge < -0.3 is 15.1 Å². The van der Waals surface area contributed by atoms with Gasteiger partial charge in [0.1, 0.15) is 0 Å². The smallest absolute Gasteiger partial charge is 0.0330 e. The number of likely N-dealkylation sites (N-methyl/N-ethyl adjacent to an activating group) is 2. The highest BCUT2D eigenvalue weighted by Gasteiger charge is 2.39. The van der Waals surface area contributed by atoms with Gasteiger partial charge in [-0.3, -0.25) is 0 Å². The molecule has 1 aliphatic carbocycles. The maximum absolute atomic E-state index is 3.65. The second kappa shape index (κ2) is 7.24. The zero-order valence-corrected chi connectivity index (χ0v) is 14.9. The lowest BCUT2D eigenvalue weighted by molar-refractivity contribution is 0.0260. The Morgan fingerprint density at radius 2 is 1.75 bits per heavy atom. The molecule has 0 saturated heterocycles. The highest BCUT2D eigenvalue weighted by molar-refractivity contribution is 4.98. The van der Waals surface area contributed by atoms with E-state index >= 15 is 0 Å². The Kier molecular flexibility index (Phi) is 6.49. The molecule has 0 aromatic heterocycles. The molecule has 0 spiro atoms. The van der Waals surface area contributed by atoms with Gasteiger partial charge in [0.2, 0.25) is 0 Å². The Morgan fingerprint density at radius 3 is 2.10 bits per heavy atom. The highest BCUT2D eigenvalue weighted by Crippen LogP contribution is 2.36.